The summed E-state index contributed by atoms with van der Waals surface area (Å²) in [6.07, 6.45) is -3.51. The summed E-state index contributed by atoms with van der Waals surface area (Å²) in [6, 6.07) is 15.0. The van der Waals surface area contributed by atoms with Crippen molar-refractivity contribution >= 4 is 39.0 Å². The van der Waals surface area contributed by atoms with Gasteiger partial charge in [0.2, 0.25) is 0 Å². The molecule has 0 amide bonds. The van der Waals surface area contributed by atoms with Gasteiger partial charge in [-0.25, -0.2) is 0 Å². The molecule has 11 heteroatoms. The Labute approximate surface area is 251 Å². The van der Waals surface area contributed by atoms with Crippen LogP contribution in [-0.2, 0) is 24.1 Å². The van der Waals surface area contributed by atoms with Crippen LogP contribution in [0.25, 0.3) is 5.76 Å². The summed E-state index contributed by atoms with van der Waals surface area (Å²) in [5.74, 6) is 0.710. The molecule has 4 rings (SSSR count). The first-order valence-corrected chi connectivity index (χ1v) is 14.9. The number of hydrogen-bond donors (Lipinski definition) is 1. The van der Waals surface area contributed by atoms with E-state index in [2.05, 4.69) is 21.0 Å². The molecular formula is C30H34BrClF3N3O3. The van der Waals surface area contributed by atoms with Gasteiger partial charge in [-0.2, -0.15) is 18.3 Å². The molecule has 222 valence electrons. The summed E-state index contributed by atoms with van der Waals surface area (Å²) >= 11 is 10.4. The van der Waals surface area contributed by atoms with Crippen LogP contribution < -0.4 is 9.64 Å². The number of rotatable bonds is 11. The number of halogens is 5. The zero-order valence-corrected chi connectivity index (χ0v) is 25.7. The SMILES string of the molecule is CC(C)CC1OC(c2cnn(CCC(C)(C)O)c2C(F)(F)F)=C(CBr)N1c1cccc(OCc2ccccc2)c1Cl. The molecule has 2 heterocycles. The lowest BCUT2D eigenvalue weighted by molar-refractivity contribution is -0.144. The van der Waals surface area contributed by atoms with Crippen LogP contribution in [0.1, 0.15) is 57.4 Å². The Morgan fingerprint density at radius 2 is 1.83 bits per heavy atom. The van der Waals surface area contributed by atoms with E-state index in [0.717, 1.165) is 10.2 Å². The van der Waals surface area contributed by atoms with E-state index in [1.807, 2.05) is 49.1 Å². The molecule has 1 atom stereocenters. The lowest BCUT2D eigenvalue weighted by Crippen LogP contribution is -2.33. The van der Waals surface area contributed by atoms with Crippen LogP contribution in [0.4, 0.5) is 18.9 Å². The van der Waals surface area contributed by atoms with Gasteiger partial charge in [-0.1, -0.05) is 77.8 Å². The highest BCUT2D eigenvalue weighted by Gasteiger charge is 2.44. The average molecular weight is 657 g/mol. The average Bonchev–Trinajstić information content (AvgIpc) is 3.48. The van der Waals surface area contributed by atoms with Crippen molar-refractivity contribution in [2.75, 3.05) is 10.2 Å². The first-order valence-electron chi connectivity index (χ1n) is 13.4. The summed E-state index contributed by atoms with van der Waals surface area (Å²) in [5, 5.41) is 14.7. The van der Waals surface area contributed by atoms with Crippen molar-refractivity contribution in [1.29, 1.82) is 0 Å². The van der Waals surface area contributed by atoms with Crippen molar-refractivity contribution < 1.29 is 27.8 Å². The maximum absolute atomic E-state index is 14.5. The summed E-state index contributed by atoms with van der Waals surface area (Å²) < 4.78 is 56.6. The van der Waals surface area contributed by atoms with Crippen LogP contribution in [0, 0.1) is 5.92 Å². The Kier molecular flexibility index (Phi) is 9.66. The van der Waals surface area contributed by atoms with Gasteiger partial charge in [-0.3, -0.25) is 4.68 Å². The number of aromatic nitrogens is 2. The predicted molar refractivity (Wildman–Crippen MR) is 158 cm³/mol. The smallest absolute Gasteiger partial charge is 0.433 e. The maximum atomic E-state index is 14.5. The summed E-state index contributed by atoms with van der Waals surface area (Å²) in [5.41, 5.74) is -0.206. The largest absolute Gasteiger partial charge is 0.487 e. The Balaban J connectivity index is 1.78. The Morgan fingerprint density at radius 1 is 1.12 bits per heavy atom. The van der Waals surface area contributed by atoms with Crippen LogP contribution in [0.2, 0.25) is 5.02 Å². The van der Waals surface area contributed by atoms with Crippen molar-refractivity contribution in [2.24, 2.45) is 5.92 Å². The van der Waals surface area contributed by atoms with Crippen LogP contribution in [-0.4, -0.2) is 32.0 Å². The van der Waals surface area contributed by atoms with Crippen molar-refractivity contribution in [3.63, 3.8) is 0 Å². The van der Waals surface area contributed by atoms with Crippen molar-refractivity contribution in [1.82, 2.24) is 9.78 Å². The van der Waals surface area contributed by atoms with E-state index in [1.165, 1.54) is 6.20 Å². The molecule has 41 heavy (non-hydrogen) atoms. The van der Waals surface area contributed by atoms with Gasteiger partial charge in [0.05, 0.1) is 28.7 Å². The molecule has 0 fully saturated rings. The molecule has 2 aromatic carbocycles. The Morgan fingerprint density at radius 3 is 2.44 bits per heavy atom. The number of nitrogens with zero attached hydrogens (tertiary/aromatic N) is 3. The minimum Gasteiger partial charge on any atom is -0.487 e. The normalized spacial score (nSPS) is 16.1. The fourth-order valence-corrected chi connectivity index (χ4v) is 5.47. The van der Waals surface area contributed by atoms with Crippen LogP contribution in [0.3, 0.4) is 0 Å². The quantitative estimate of drug-likeness (QED) is 0.211. The fourth-order valence-electron chi connectivity index (χ4n) is 4.67. The summed E-state index contributed by atoms with van der Waals surface area (Å²) in [7, 11) is 0. The first-order chi connectivity index (χ1) is 19.3. The molecule has 0 saturated heterocycles. The van der Waals surface area contributed by atoms with Gasteiger partial charge in [0.1, 0.15) is 17.4 Å². The van der Waals surface area contributed by atoms with Crippen LogP contribution >= 0.6 is 27.5 Å². The van der Waals surface area contributed by atoms with E-state index in [4.69, 9.17) is 21.1 Å². The van der Waals surface area contributed by atoms with E-state index in [0.29, 0.717) is 35.2 Å². The van der Waals surface area contributed by atoms with E-state index in [1.54, 1.807) is 32.0 Å². The minimum absolute atomic E-state index is 0.0843. The first kappa shape index (κ1) is 31.3. The fraction of sp³-hybridized carbons (Fsp3) is 0.433. The molecule has 1 aromatic heterocycles. The van der Waals surface area contributed by atoms with Gasteiger partial charge in [0, 0.05) is 18.3 Å². The monoisotopic (exact) mass is 655 g/mol. The predicted octanol–water partition coefficient (Wildman–Crippen LogP) is 8.27. The third-order valence-electron chi connectivity index (χ3n) is 6.62. The third-order valence-corrected chi connectivity index (χ3v) is 7.53. The lowest BCUT2D eigenvalue weighted by atomic mass is 10.1. The number of ether oxygens (including phenoxy) is 2. The Hall–Kier alpha value is -2.69. The molecule has 6 nitrogen and oxygen atoms in total. The highest BCUT2D eigenvalue weighted by molar-refractivity contribution is 9.09. The van der Waals surface area contributed by atoms with Gasteiger partial charge < -0.3 is 19.5 Å². The number of benzene rings is 2. The molecule has 1 unspecified atom stereocenters. The van der Waals surface area contributed by atoms with Crippen LogP contribution in [0.5, 0.6) is 5.75 Å². The highest BCUT2D eigenvalue weighted by atomic mass is 79.9. The van der Waals surface area contributed by atoms with Gasteiger partial charge in [0.25, 0.3) is 0 Å². The van der Waals surface area contributed by atoms with Gasteiger partial charge in [0.15, 0.2) is 17.7 Å². The van der Waals surface area contributed by atoms with Crippen LogP contribution in [0.15, 0.2) is 60.4 Å². The summed E-state index contributed by atoms with van der Waals surface area (Å²) in [4.78, 5) is 1.84. The number of anilines is 1. The van der Waals surface area contributed by atoms with E-state index >= 15 is 0 Å². The molecule has 0 bridgehead atoms. The third kappa shape index (κ3) is 7.40. The number of allylic oxidation sites excluding steroid dienone is 1. The zero-order chi connectivity index (χ0) is 29.9. The van der Waals surface area contributed by atoms with Gasteiger partial charge in [-0.15, -0.1) is 0 Å². The minimum atomic E-state index is -4.71. The maximum Gasteiger partial charge on any atom is 0.433 e. The van der Waals surface area contributed by atoms with Gasteiger partial charge in [-0.05, 0) is 43.9 Å². The van der Waals surface area contributed by atoms with E-state index in [9.17, 15) is 18.3 Å². The van der Waals surface area contributed by atoms with E-state index < -0.39 is 23.7 Å². The molecule has 1 aliphatic heterocycles. The molecule has 3 aromatic rings. The molecule has 1 N–H and O–H groups in total. The number of hydrogen-bond acceptors (Lipinski definition) is 5. The number of aryl methyl sites for hydroxylation is 1. The second-order valence-corrected chi connectivity index (χ2v) is 12.0. The highest BCUT2D eigenvalue weighted by Crippen LogP contribution is 2.47. The molecule has 0 radical (unpaired) electrons. The van der Waals surface area contributed by atoms with E-state index in [-0.39, 0.29) is 35.5 Å². The second-order valence-electron chi connectivity index (χ2n) is 11.0. The standard InChI is InChI=1S/C30H34BrClF3N3O3/c1-19(2)15-25-38(22-11-8-12-24(26(22)32)40-18-20-9-6-5-7-10-20)23(16-31)27(41-25)21-17-36-37(14-13-29(3,4)39)28(21)30(33,34)35/h5-12,17,19,25,39H,13-16,18H2,1-4H3. The molecular weight excluding hydrogens is 623 g/mol. The topological polar surface area (TPSA) is 59.8 Å². The molecule has 0 spiro atoms. The zero-order valence-electron chi connectivity index (χ0n) is 23.4. The number of alkyl halides is 4. The number of aliphatic hydroxyl groups is 1. The molecule has 0 aliphatic carbocycles. The van der Waals surface area contributed by atoms with Gasteiger partial charge >= 0.3 is 6.18 Å². The van der Waals surface area contributed by atoms with Crippen molar-refractivity contribution in [3.8, 4) is 5.75 Å². The van der Waals surface area contributed by atoms with Crippen molar-refractivity contribution in [3.05, 3.63) is 82.3 Å². The molecule has 1 aliphatic rings. The summed E-state index contributed by atoms with van der Waals surface area (Å²) in [6.45, 7) is 7.33. The second kappa shape index (κ2) is 12.7. The molecule has 0 saturated carbocycles. The lowest BCUT2D eigenvalue weighted by Gasteiger charge is -2.29. The van der Waals surface area contributed by atoms with Crippen molar-refractivity contribution in [2.45, 2.75) is 71.7 Å². The Bertz CT molecular complexity index is 1370.